The van der Waals surface area contributed by atoms with E-state index in [4.69, 9.17) is 18.9 Å². The van der Waals surface area contributed by atoms with Crippen molar-refractivity contribution in [3.8, 4) is 23.0 Å². The molecule has 0 saturated heterocycles. The summed E-state index contributed by atoms with van der Waals surface area (Å²) >= 11 is 3.50. The van der Waals surface area contributed by atoms with Crippen LogP contribution in [0.4, 0.5) is 0 Å². The Balaban J connectivity index is 1.79. The molecule has 0 spiro atoms. The van der Waals surface area contributed by atoms with Crippen LogP contribution >= 0.6 is 15.9 Å². The van der Waals surface area contributed by atoms with E-state index in [0.29, 0.717) is 17.1 Å². The van der Waals surface area contributed by atoms with Crippen LogP contribution in [0.3, 0.4) is 0 Å². The van der Waals surface area contributed by atoms with Gasteiger partial charge in [-0.3, -0.25) is 4.79 Å². The summed E-state index contributed by atoms with van der Waals surface area (Å²) in [6, 6.07) is 5.78. The molecule has 2 aliphatic heterocycles. The molecule has 1 unspecified atom stereocenters. The lowest BCUT2D eigenvalue weighted by molar-refractivity contribution is 0.0755. The summed E-state index contributed by atoms with van der Waals surface area (Å²) < 4.78 is 22.6. The number of carbonyl (C=O) groups excluding carboxylic acids is 1. The molecule has 1 aliphatic carbocycles. The van der Waals surface area contributed by atoms with Gasteiger partial charge < -0.3 is 23.8 Å². The summed E-state index contributed by atoms with van der Waals surface area (Å²) in [7, 11) is 5.13. The minimum atomic E-state index is -0.132. The molecular weight excluding hydrogens is 474 g/mol. The zero-order valence-corrected chi connectivity index (χ0v) is 20.1. The number of nitrogens with zero attached hydrogens (tertiary/aromatic N) is 1. The Bertz CT molecular complexity index is 1220. The smallest absolute Gasteiger partial charge is 0.255 e. The van der Waals surface area contributed by atoms with E-state index in [0.717, 1.165) is 58.5 Å². The molecule has 6 nitrogen and oxygen atoms in total. The maximum Gasteiger partial charge on any atom is 0.255 e. The second kappa shape index (κ2) is 8.35. The van der Waals surface area contributed by atoms with Crippen LogP contribution in [-0.2, 0) is 6.42 Å². The highest BCUT2D eigenvalue weighted by molar-refractivity contribution is 9.09. The summed E-state index contributed by atoms with van der Waals surface area (Å²) in [6.07, 6.45) is 5.98. The summed E-state index contributed by atoms with van der Waals surface area (Å²) in [5.41, 5.74) is 4.14. The Morgan fingerprint density at radius 2 is 1.94 bits per heavy atom. The van der Waals surface area contributed by atoms with Crippen molar-refractivity contribution in [2.24, 2.45) is 0 Å². The second-order valence-electron chi connectivity index (χ2n) is 8.26. The quantitative estimate of drug-likeness (QED) is 0.450. The van der Waals surface area contributed by atoms with Crippen LogP contribution < -0.4 is 29.4 Å². The average Bonchev–Trinajstić information content (AvgIpc) is 3.41. The van der Waals surface area contributed by atoms with Gasteiger partial charge in [-0.25, -0.2) is 0 Å². The van der Waals surface area contributed by atoms with Gasteiger partial charge in [0.15, 0.2) is 23.0 Å². The molecule has 2 aromatic carbocycles. The number of rotatable bonds is 6. The van der Waals surface area contributed by atoms with Crippen molar-refractivity contribution >= 4 is 33.5 Å². The Kier molecular flexibility index (Phi) is 5.53. The van der Waals surface area contributed by atoms with Crippen LogP contribution in [0.5, 0.6) is 23.0 Å². The zero-order valence-electron chi connectivity index (χ0n) is 18.5. The van der Waals surface area contributed by atoms with Crippen LogP contribution in [0, 0.1) is 0 Å². The Labute approximate surface area is 195 Å². The average molecular weight is 500 g/mol. The minimum Gasteiger partial charge on any atom is -0.493 e. The largest absolute Gasteiger partial charge is 0.493 e. The number of alkyl halides is 1. The van der Waals surface area contributed by atoms with Crippen molar-refractivity contribution in [3.63, 3.8) is 0 Å². The van der Waals surface area contributed by atoms with Crippen molar-refractivity contribution in [2.75, 3.05) is 33.4 Å². The molecule has 168 valence electrons. The fourth-order valence-corrected chi connectivity index (χ4v) is 5.49. The third-order valence-corrected chi connectivity index (χ3v) is 7.10. The number of unbranched alkanes of at least 4 members (excludes halogenated alkanes) is 2. The minimum absolute atomic E-state index is 0.0182. The highest BCUT2D eigenvalue weighted by Gasteiger charge is 2.40. The summed E-state index contributed by atoms with van der Waals surface area (Å²) in [5.74, 6) is 2.75. The van der Waals surface area contributed by atoms with Gasteiger partial charge in [0.25, 0.3) is 5.91 Å². The summed E-state index contributed by atoms with van der Waals surface area (Å²) in [5, 5.41) is 2.90. The molecule has 32 heavy (non-hydrogen) atoms. The normalized spacial score (nSPS) is 18.6. The third-order valence-electron chi connectivity index (χ3n) is 6.54. The van der Waals surface area contributed by atoms with E-state index in [1.807, 2.05) is 24.1 Å². The van der Waals surface area contributed by atoms with E-state index in [-0.39, 0.29) is 18.7 Å². The molecule has 0 fully saturated rings. The first-order valence-corrected chi connectivity index (χ1v) is 11.9. The number of amides is 1. The Hall–Kier alpha value is -2.67. The standard InChI is InChI=1S/C25H26BrNO5/c1-27-23-16-11-20-19(31-13-32-20)10-14(16)9-17(23)22-15(7-5-4-6-8-26)24(30-3)21(29-2)12-18(22)25(27)28/h7,10-12,23H,4-6,8-9,13H2,1-3H3. The fraction of sp³-hybridized carbons (Fsp3) is 0.400. The van der Waals surface area contributed by atoms with Gasteiger partial charge in [-0.2, -0.15) is 0 Å². The monoisotopic (exact) mass is 499 g/mol. The molecule has 0 saturated carbocycles. The first kappa shape index (κ1) is 21.2. The van der Waals surface area contributed by atoms with Crippen LogP contribution in [0.2, 0.25) is 0 Å². The van der Waals surface area contributed by atoms with Crippen molar-refractivity contribution in [1.82, 2.24) is 4.90 Å². The van der Waals surface area contributed by atoms with Crippen molar-refractivity contribution < 1.29 is 23.7 Å². The van der Waals surface area contributed by atoms with Gasteiger partial charge in [0.05, 0.1) is 25.8 Å². The molecule has 0 aromatic heterocycles. The van der Waals surface area contributed by atoms with Crippen LogP contribution in [0.15, 0.2) is 18.2 Å². The number of benzene rings is 2. The lowest BCUT2D eigenvalue weighted by Crippen LogP contribution is -2.46. The van der Waals surface area contributed by atoms with Crippen molar-refractivity contribution in [2.45, 2.75) is 31.7 Å². The number of ether oxygens (including phenoxy) is 4. The van der Waals surface area contributed by atoms with Crippen LogP contribution in [0.1, 0.15) is 46.8 Å². The number of halogens is 1. The molecular formula is C25H26BrNO5. The lowest BCUT2D eigenvalue weighted by atomic mass is 9.92. The third kappa shape index (κ3) is 3.17. The van der Waals surface area contributed by atoms with Crippen LogP contribution in [0.25, 0.3) is 11.6 Å². The van der Waals surface area contributed by atoms with E-state index in [1.54, 1.807) is 14.2 Å². The Morgan fingerprint density at radius 1 is 1.16 bits per heavy atom. The van der Waals surface area contributed by atoms with Gasteiger partial charge in [0, 0.05) is 22.8 Å². The first-order chi connectivity index (χ1) is 15.6. The highest BCUT2D eigenvalue weighted by atomic mass is 79.9. The SMILES string of the molecule is COc1cc2c(c(=CCCCCBr)c1OC)=C1Cc3cc4c(cc3C1N(C)C2=O)OCO4. The molecule has 1 amide bonds. The molecule has 2 aromatic rings. The lowest BCUT2D eigenvalue weighted by Gasteiger charge is -2.32. The fourth-order valence-electron chi connectivity index (χ4n) is 5.09. The topological polar surface area (TPSA) is 57.2 Å². The van der Waals surface area contributed by atoms with Gasteiger partial charge in [-0.1, -0.05) is 22.0 Å². The number of methoxy groups -OCH3 is 2. The van der Waals surface area contributed by atoms with Gasteiger partial charge in [-0.15, -0.1) is 0 Å². The van der Waals surface area contributed by atoms with E-state index in [9.17, 15) is 4.79 Å². The van der Waals surface area contributed by atoms with Crippen LogP contribution in [-0.4, -0.2) is 44.2 Å². The van der Waals surface area contributed by atoms with E-state index >= 15 is 0 Å². The highest BCUT2D eigenvalue weighted by Crippen LogP contribution is 2.47. The van der Waals surface area contributed by atoms with Gasteiger partial charge in [-0.05, 0) is 60.6 Å². The molecule has 1 atom stereocenters. The number of hydrogen-bond donors (Lipinski definition) is 0. The first-order valence-electron chi connectivity index (χ1n) is 10.8. The molecule has 3 aliphatic rings. The molecule has 5 rings (SSSR count). The maximum absolute atomic E-state index is 13.5. The molecule has 0 bridgehead atoms. The predicted octanol–water partition coefficient (Wildman–Crippen LogP) is 3.31. The molecule has 0 radical (unpaired) electrons. The molecule has 7 heteroatoms. The number of carbonyl (C=O) groups is 1. The van der Waals surface area contributed by atoms with E-state index < -0.39 is 0 Å². The predicted molar refractivity (Wildman–Crippen MR) is 125 cm³/mol. The summed E-state index contributed by atoms with van der Waals surface area (Å²) in [6.45, 7) is 0.238. The zero-order chi connectivity index (χ0) is 22.4. The van der Waals surface area contributed by atoms with Gasteiger partial charge in [0.1, 0.15) is 0 Å². The van der Waals surface area contributed by atoms with Crippen molar-refractivity contribution in [3.05, 3.63) is 45.3 Å². The maximum atomic E-state index is 13.5. The summed E-state index contributed by atoms with van der Waals surface area (Å²) in [4.78, 5) is 15.4. The molecule has 0 N–H and O–H groups in total. The number of fused-ring (bicyclic) bond motifs is 5. The van der Waals surface area contributed by atoms with E-state index in [2.05, 4.69) is 28.1 Å². The van der Waals surface area contributed by atoms with Gasteiger partial charge in [0.2, 0.25) is 6.79 Å². The van der Waals surface area contributed by atoms with Crippen molar-refractivity contribution in [1.29, 1.82) is 0 Å². The number of hydrogen-bond acceptors (Lipinski definition) is 5. The second-order valence-corrected chi connectivity index (χ2v) is 9.06. The Morgan fingerprint density at radius 3 is 2.66 bits per heavy atom. The van der Waals surface area contributed by atoms with E-state index in [1.165, 1.54) is 11.1 Å². The van der Waals surface area contributed by atoms with Gasteiger partial charge >= 0.3 is 0 Å². The molecule has 2 heterocycles.